The maximum atomic E-state index is 13.0. The minimum atomic E-state index is 0.108. The zero-order chi connectivity index (χ0) is 21.1. The summed E-state index contributed by atoms with van der Waals surface area (Å²) >= 11 is 12.8. The van der Waals surface area contributed by atoms with Crippen LogP contribution < -0.4 is 9.80 Å². The summed E-state index contributed by atoms with van der Waals surface area (Å²) in [5.41, 5.74) is 5.47. The van der Waals surface area contributed by atoms with Gasteiger partial charge in [0.05, 0.1) is 21.4 Å². The molecule has 0 spiro atoms. The third kappa shape index (κ3) is 5.04. The quantitative estimate of drug-likeness (QED) is 0.530. The molecule has 1 saturated carbocycles. The first-order valence-corrected chi connectivity index (χ1v) is 10.4. The van der Waals surface area contributed by atoms with Crippen molar-refractivity contribution in [2.45, 2.75) is 19.3 Å². The van der Waals surface area contributed by atoms with E-state index in [0.717, 1.165) is 52.9 Å². The predicted octanol–water partition coefficient (Wildman–Crippen LogP) is 6.35. The van der Waals surface area contributed by atoms with Gasteiger partial charge in [-0.3, -0.25) is 4.79 Å². The largest absolute Gasteiger partial charge is 0.376 e. The van der Waals surface area contributed by atoms with E-state index >= 15 is 0 Å². The summed E-state index contributed by atoms with van der Waals surface area (Å²) in [7, 11) is 7.83. The molecule has 3 rings (SSSR count). The van der Waals surface area contributed by atoms with Crippen LogP contribution in [0.25, 0.3) is 12.2 Å². The van der Waals surface area contributed by atoms with E-state index in [2.05, 4.69) is 0 Å². The van der Waals surface area contributed by atoms with Crippen LogP contribution in [0.1, 0.15) is 30.4 Å². The minimum Gasteiger partial charge on any atom is -0.376 e. The molecule has 0 N–H and O–H groups in total. The normalized spacial score (nSPS) is 17.1. The molecule has 29 heavy (non-hydrogen) atoms. The summed E-state index contributed by atoms with van der Waals surface area (Å²) in [6.45, 7) is 0. The van der Waals surface area contributed by atoms with Crippen LogP contribution >= 0.6 is 23.2 Å². The number of nitrogens with zero attached hydrogens (tertiary/aromatic N) is 2. The molecule has 2 aromatic rings. The van der Waals surface area contributed by atoms with E-state index < -0.39 is 0 Å². The minimum absolute atomic E-state index is 0.108. The highest BCUT2D eigenvalue weighted by Crippen LogP contribution is 2.32. The second-order valence-electron chi connectivity index (χ2n) is 7.73. The van der Waals surface area contributed by atoms with Crippen LogP contribution in [-0.4, -0.2) is 34.0 Å². The topological polar surface area (TPSA) is 23.6 Å². The molecular weight excluding hydrogens is 403 g/mol. The van der Waals surface area contributed by atoms with E-state index in [4.69, 9.17) is 23.2 Å². The SMILES string of the molecule is CN(C)c1ccc(/C=C2\CCC/C(=C\c3ccc(N(C)C)c(Cl)c3)C2=O)cc1Cl. The molecule has 3 nitrogen and oxygen atoms in total. The van der Waals surface area contributed by atoms with Crippen molar-refractivity contribution in [2.75, 3.05) is 38.0 Å². The van der Waals surface area contributed by atoms with Crippen molar-refractivity contribution in [3.8, 4) is 0 Å². The Bertz CT molecular complexity index is 913. The van der Waals surface area contributed by atoms with Crippen molar-refractivity contribution >= 4 is 52.5 Å². The van der Waals surface area contributed by atoms with Gasteiger partial charge in [-0.05, 0) is 66.8 Å². The molecule has 0 atom stereocenters. The summed E-state index contributed by atoms with van der Waals surface area (Å²) in [5, 5.41) is 1.36. The zero-order valence-corrected chi connectivity index (χ0v) is 18.8. The number of allylic oxidation sites excluding steroid dienone is 2. The zero-order valence-electron chi connectivity index (χ0n) is 17.3. The summed E-state index contributed by atoms with van der Waals surface area (Å²) < 4.78 is 0. The number of Topliss-reactive ketones (excluding diaryl/α,β-unsaturated/α-hetero) is 1. The van der Waals surface area contributed by atoms with Crippen LogP contribution in [0.2, 0.25) is 10.0 Å². The van der Waals surface area contributed by atoms with Gasteiger partial charge < -0.3 is 9.80 Å². The van der Waals surface area contributed by atoms with Crippen LogP contribution in [0.4, 0.5) is 11.4 Å². The molecule has 1 fully saturated rings. The van der Waals surface area contributed by atoms with E-state index in [1.165, 1.54) is 0 Å². The highest BCUT2D eigenvalue weighted by atomic mass is 35.5. The fourth-order valence-corrected chi connectivity index (χ4v) is 4.25. The first kappa shape index (κ1) is 21.5. The fourth-order valence-electron chi connectivity index (χ4n) is 3.53. The van der Waals surface area contributed by atoms with Crippen molar-refractivity contribution in [3.05, 3.63) is 68.7 Å². The van der Waals surface area contributed by atoms with Gasteiger partial charge in [-0.1, -0.05) is 35.3 Å². The van der Waals surface area contributed by atoms with Gasteiger partial charge in [0.25, 0.3) is 0 Å². The third-order valence-electron chi connectivity index (χ3n) is 5.06. The molecular formula is C24H26Cl2N2O. The number of hydrogen-bond acceptors (Lipinski definition) is 3. The number of anilines is 2. The first-order chi connectivity index (χ1) is 13.8. The Labute approximate surface area is 183 Å². The van der Waals surface area contributed by atoms with Crippen LogP contribution in [0.3, 0.4) is 0 Å². The standard InChI is InChI=1S/C24H26Cl2N2O/c1-27(2)22-10-8-16(14-20(22)25)12-18-6-5-7-19(24(18)29)13-17-9-11-23(28(3)4)21(26)15-17/h8-15H,5-7H2,1-4H3/b18-12+,19-13+. The highest BCUT2D eigenvalue weighted by Gasteiger charge is 2.20. The molecule has 0 aliphatic heterocycles. The maximum Gasteiger partial charge on any atom is 0.185 e. The van der Waals surface area contributed by atoms with Crippen LogP contribution in [0.5, 0.6) is 0 Å². The van der Waals surface area contributed by atoms with Crippen LogP contribution in [0.15, 0.2) is 47.5 Å². The van der Waals surface area contributed by atoms with Crippen molar-refractivity contribution in [3.63, 3.8) is 0 Å². The van der Waals surface area contributed by atoms with Crippen molar-refractivity contribution < 1.29 is 4.79 Å². The lowest BCUT2D eigenvalue weighted by Crippen LogP contribution is -2.12. The molecule has 0 unspecified atom stereocenters. The monoisotopic (exact) mass is 428 g/mol. The average molecular weight is 429 g/mol. The summed E-state index contributed by atoms with van der Waals surface area (Å²) in [6, 6.07) is 11.8. The summed E-state index contributed by atoms with van der Waals surface area (Å²) in [5.74, 6) is 0.108. The molecule has 0 heterocycles. The maximum absolute atomic E-state index is 13.0. The Morgan fingerprint density at radius 1 is 0.759 bits per heavy atom. The predicted molar refractivity (Wildman–Crippen MR) is 126 cm³/mol. The Kier molecular flexibility index (Phi) is 6.71. The Hall–Kier alpha value is -2.23. The van der Waals surface area contributed by atoms with E-state index in [1.807, 2.05) is 86.5 Å². The number of carbonyl (C=O) groups is 1. The number of carbonyl (C=O) groups excluding carboxylic acids is 1. The van der Waals surface area contributed by atoms with Gasteiger partial charge in [-0.2, -0.15) is 0 Å². The first-order valence-electron chi connectivity index (χ1n) is 9.66. The van der Waals surface area contributed by atoms with Crippen molar-refractivity contribution in [2.24, 2.45) is 0 Å². The number of rotatable bonds is 4. The lowest BCUT2D eigenvalue weighted by molar-refractivity contribution is -0.112. The third-order valence-corrected chi connectivity index (χ3v) is 5.67. The van der Waals surface area contributed by atoms with E-state index in [1.54, 1.807) is 0 Å². The molecule has 0 amide bonds. The molecule has 5 heteroatoms. The number of hydrogen-bond donors (Lipinski definition) is 0. The number of ketones is 1. The van der Waals surface area contributed by atoms with Gasteiger partial charge in [0.1, 0.15) is 0 Å². The molecule has 0 bridgehead atoms. The number of benzene rings is 2. The Balaban J connectivity index is 1.87. The second kappa shape index (κ2) is 9.06. The Morgan fingerprint density at radius 2 is 1.17 bits per heavy atom. The van der Waals surface area contributed by atoms with Crippen molar-refractivity contribution in [1.82, 2.24) is 0 Å². The molecule has 152 valence electrons. The van der Waals surface area contributed by atoms with Gasteiger partial charge >= 0.3 is 0 Å². The molecule has 0 saturated heterocycles. The van der Waals surface area contributed by atoms with Gasteiger partial charge in [0.2, 0.25) is 0 Å². The van der Waals surface area contributed by atoms with E-state index in [-0.39, 0.29) is 5.78 Å². The summed E-state index contributed by atoms with van der Waals surface area (Å²) in [4.78, 5) is 17.0. The van der Waals surface area contributed by atoms with E-state index in [9.17, 15) is 4.79 Å². The van der Waals surface area contributed by atoms with Gasteiger partial charge in [-0.15, -0.1) is 0 Å². The fraction of sp³-hybridized carbons (Fsp3) is 0.292. The van der Waals surface area contributed by atoms with Crippen LogP contribution in [-0.2, 0) is 4.79 Å². The van der Waals surface area contributed by atoms with Crippen LogP contribution in [0, 0.1) is 0 Å². The highest BCUT2D eigenvalue weighted by molar-refractivity contribution is 6.33. The lowest BCUT2D eigenvalue weighted by atomic mass is 9.87. The van der Waals surface area contributed by atoms with Gasteiger partial charge in [0.15, 0.2) is 5.78 Å². The average Bonchev–Trinajstić information content (AvgIpc) is 2.64. The molecule has 1 aliphatic carbocycles. The summed E-state index contributed by atoms with van der Waals surface area (Å²) in [6.07, 6.45) is 6.44. The van der Waals surface area contributed by atoms with Gasteiger partial charge in [0, 0.05) is 39.3 Å². The Morgan fingerprint density at radius 3 is 1.52 bits per heavy atom. The van der Waals surface area contributed by atoms with E-state index in [0.29, 0.717) is 10.0 Å². The number of halogens is 2. The molecule has 0 radical (unpaired) electrons. The molecule has 0 aromatic heterocycles. The second-order valence-corrected chi connectivity index (χ2v) is 8.55. The smallest absolute Gasteiger partial charge is 0.185 e. The lowest BCUT2D eigenvalue weighted by Gasteiger charge is -2.18. The van der Waals surface area contributed by atoms with Crippen molar-refractivity contribution in [1.29, 1.82) is 0 Å². The van der Waals surface area contributed by atoms with Gasteiger partial charge in [-0.25, -0.2) is 0 Å². The molecule has 2 aromatic carbocycles. The molecule has 1 aliphatic rings.